The summed E-state index contributed by atoms with van der Waals surface area (Å²) in [4.78, 5) is 5.52. The highest BCUT2D eigenvalue weighted by atomic mass is 32.1. The van der Waals surface area contributed by atoms with Crippen molar-refractivity contribution in [2.24, 2.45) is 0 Å². The summed E-state index contributed by atoms with van der Waals surface area (Å²) in [5.74, 6) is 0. The van der Waals surface area contributed by atoms with E-state index in [1.54, 1.807) is 11.3 Å². The van der Waals surface area contributed by atoms with Gasteiger partial charge in [-0.15, -0.1) is 11.3 Å². The third-order valence-corrected chi connectivity index (χ3v) is 3.45. The number of hydrogen-bond donors (Lipinski definition) is 0. The lowest BCUT2D eigenvalue weighted by atomic mass is 10.1. The second kappa shape index (κ2) is 2.79. The second-order valence-corrected chi connectivity index (χ2v) is 4.30. The topological polar surface area (TPSA) is 12.9 Å². The summed E-state index contributed by atoms with van der Waals surface area (Å²) < 4.78 is 0. The molecule has 0 amide bonds. The zero-order valence-electron chi connectivity index (χ0n) is 7.82. The van der Waals surface area contributed by atoms with Crippen LogP contribution in [0.15, 0.2) is 35.8 Å². The monoisotopic (exact) mass is 199 g/mol. The molecule has 1 aromatic rings. The molecule has 14 heavy (non-hydrogen) atoms. The summed E-state index contributed by atoms with van der Waals surface area (Å²) in [6, 6.07) is 8.49. The highest BCUT2D eigenvalue weighted by Gasteiger charge is 2.09. The minimum atomic E-state index is 1.13. The van der Waals surface area contributed by atoms with E-state index in [9.17, 15) is 0 Å². The van der Waals surface area contributed by atoms with Gasteiger partial charge < -0.3 is 0 Å². The molecule has 1 aliphatic heterocycles. The maximum atomic E-state index is 4.39. The summed E-state index contributed by atoms with van der Waals surface area (Å²) in [6.45, 7) is 2.14. The van der Waals surface area contributed by atoms with Crippen LogP contribution < -0.4 is 0 Å². The lowest BCUT2D eigenvalue weighted by molar-refractivity contribution is 1.39. The first-order chi connectivity index (χ1) is 6.86. The third-order valence-electron chi connectivity index (χ3n) is 2.54. The molecule has 1 nitrogen and oxygen atoms in total. The van der Waals surface area contributed by atoms with Gasteiger partial charge in [0.05, 0.1) is 0 Å². The molecule has 2 aliphatic rings. The predicted molar refractivity (Wildman–Crippen MR) is 61.0 cm³/mol. The molecule has 2 heterocycles. The van der Waals surface area contributed by atoms with Gasteiger partial charge in [0.25, 0.3) is 0 Å². The zero-order chi connectivity index (χ0) is 9.54. The molecule has 0 aromatic carbocycles. The van der Waals surface area contributed by atoms with Crippen molar-refractivity contribution in [3.8, 4) is 11.1 Å². The van der Waals surface area contributed by atoms with Crippen LogP contribution in [0.1, 0.15) is 5.56 Å². The Morgan fingerprint density at radius 2 is 2.14 bits per heavy atom. The third kappa shape index (κ3) is 0.976. The molecule has 0 bridgehead atoms. The molecule has 0 radical (unpaired) electrons. The van der Waals surface area contributed by atoms with Gasteiger partial charge in [-0.1, -0.05) is 18.2 Å². The van der Waals surface area contributed by atoms with Gasteiger partial charge in [0, 0.05) is 17.0 Å². The number of rotatable bonds is 0. The van der Waals surface area contributed by atoms with E-state index < -0.39 is 0 Å². The highest BCUT2D eigenvalue weighted by molar-refractivity contribution is 7.16. The van der Waals surface area contributed by atoms with Gasteiger partial charge >= 0.3 is 0 Å². The van der Waals surface area contributed by atoms with E-state index in [2.05, 4.69) is 41.6 Å². The Labute approximate surface area is 86.4 Å². The van der Waals surface area contributed by atoms with E-state index in [4.69, 9.17) is 0 Å². The van der Waals surface area contributed by atoms with Crippen molar-refractivity contribution in [3.05, 3.63) is 41.4 Å². The lowest BCUT2D eigenvalue weighted by Crippen LogP contribution is -1.83. The summed E-state index contributed by atoms with van der Waals surface area (Å²) in [5, 5.41) is 3.48. The van der Waals surface area contributed by atoms with E-state index in [0.717, 1.165) is 4.83 Å². The second-order valence-electron chi connectivity index (χ2n) is 3.44. The molecule has 0 N–H and O–H groups in total. The molecule has 0 saturated carbocycles. The standard InChI is InChI=1S/C12H9NS/c1-8-5-6-13-12-11(8)10-4-2-3-9(10)7-14-12/h2-7H,1H3. The van der Waals surface area contributed by atoms with Gasteiger partial charge in [-0.3, -0.25) is 0 Å². The average molecular weight is 199 g/mol. The molecule has 0 saturated heterocycles. The summed E-state index contributed by atoms with van der Waals surface area (Å²) >= 11 is 1.71. The Morgan fingerprint density at radius 1 is 1.21 bits per heavy atom. The quantitative estimate of drug-likeness (QED) is 0.538. The Balaban J connectivity index is 2.59. The summed E-state index contributed by atoms with van der Waals surface area (Å²) in [7, 11) is 0. The number of aryl methyl sites for hydroxylation is 1. The van der Waals surface area contributed by atoms with Crippen LogP contribution in [-0.2, 0) is 0 Å². The average Bonchev–Trinajstić information content (AvgIpc) is 2.65. The summed E-state index contributed by atoms with van der Waals surface area (Å²) in [6.07, 6.45) is 1.88. The molecule has 0 unspecified atom stereocenters. The van der Waals surface area contributed by atoms with E-state index >= 15 is 0 Å². The normalized spacial score (nSPS) is 11.2. The first kappa shape index (κ1) is 7.94. The van der Waals surface area contributed by atoms with Crippen LogP contribution in [0, 0.1) is 6.92 Å². The molecule has 3 rings (SSSR count). The Kier molecular flexibility index (Phi) is 1.58. The van der Waals surface area contributed by atoms with Gasteiger partial charge in [-0.05, 0) is 29.7 Å². The summed E-state index contributed by atoms with van der Waals surface area (Å²) in [5.41, 5.74) is 3.95. The maximum absolute atomic E-state index is 4.39. The van der Waals surface area contributed by atoms with Crippen molar-refractivity contribution in [1.82, 2.24) is 4.98 Å². The SMILES string of the molecule is Cc1ccnc2scc3cccc-3c12. The van der Waals surface area contributed by atoms with Gasteiger partial charge in [-0.25, -0.2) is 4.98 Å². The molecule has 1 aromatic heterocycles. The smallest absolute Gasteiger partial charge is 0.124 e. The minimum absolute atomic E-state index is 1.13. The van der Waals surface area contributed by atoms with Crippen LogP contribution in [0.25, 0.3) is 21.3 Å². The molecule has 1 aliphatic carbocycles. The number of fused-ring (bicyclic) bond motifs is 3. The fraction of sp³-hybridized carbons (Fsp3) is 0.0833. The zero-order valence-corrected chi connectivity index (χ0v) is 8.64. The fourth-order valence-corrected chi connectivity index (χ4v) is 2.79. The van der Waals surface area contributed by atoms with E-state index in [1.165, 1.54) is 22.1 Å². The Hall–Kier alpha value is -1.41. The molecule has 2 heteroatoms. The van der Waals surface area contributed by atoms with Gasteiger partial charge in [0.2, 0.25) is 0 Å². The number of hydrogen-bond acceptors (Lipinski definition) is 2. The highest BCUT2D eigenvalue weighted by Crippen LogP contribution is 2.34. The molecular formula is C12H9NS. The van der Waals surface area contributed by atoms with Crippen molar-refractivity contribution in [2.75, 3.05) is 0 Å². The first-order valence-corrected chi connectivity index (χ1v) is 5.46. The molecule has 68 valence electrons. The number of pyridine rings is 1. The molecule has 0 atom stereocenters. The van der Waals surface area contributed by atoms with E-state index in [-0.39, 0.29) is 0 Å². The molecule has 0 fully saturated rings. The first-order valence-electron chi connectivity index (χ1n) is 4.58. The van der Waals surface area contributed by atoms with Crippen molar-refractivity contribution in [2.45, 2.75) is 6.92 Å². The van der Waals surface area contributed by atoms with E-state index in [1.807, 2.05) is 6.20 Å². The Bertz CT molecular complexity index is 568. The largest absolute Gasteiger partial charge is 0.245 e. The lowest BCUT2D eigenvalue weighted by Gasteiger charge is -2.05. The van der Waals surface area contributed by atoms with Crippen molar-refractivity contribution in [3.63, 3.8) is 0 Å². The van der Waals surface area contributed by atoms with Crippen LogP contribution in [0.3, 0.4) is 0 Å². The van der Waals surface area contributed by atoms with Gasteiger partial charge in [0.15, 0.2) is 0 Å². The van der Waals surface area contributed by atoms with Crippen molar-refractivity contribution >= 4 is 21.6 Å². The number of aromatic nitrogens is 1. The number of nitrogens with zero attached hydrogens (tertiary/aromatic N) is 1. The van der Waals surface area contributed by atoms with Crippen LogP contribution >= 0.6 is 11.3 Å². The van der Waals surface area contributed by atoms with Gasteiger partial charge in [-0.2, -0.15) is 0 Å². The molecular weight excluding hydrogens is 190 g/mol. The van der Waals surface area contributed by atoms with Gasteiger partial charge in [0.1, 0.15) is 4.83 Å². The minimum Gasteiger partial charge on any atom is -0.245 e. The Morgan fingerprint density at radius 3 is 3.07 bits per heavy atom. The maximum Gasteiger partial charge on any atom is 0.124 e. The van der Waals surface area contributed by atoms with E-state index in [0.29, 0.717) is 0 Å². The predicted octanol–water partition coefficient (Wildman–Crippen LogP) is 3.71. The fourth-order valence-electron chi connectivity index (χ4n) is 1.83. The van der Waals surface area contributed by atoms with Crippen LogP contribution in [0.5, 0.6) is 0 Å². The van der Waals surface area contributed by atoms with Crippen LogP contribution in [0.4, 0.5) is 0 Å². The van der Waals surface area contributed by atoms with Crippen LogP contribution in [-0.4, -0.2) is 4.98 Å². The van der Waals surface area contributed by atoms with Crippen LogP contribution in [0.2, 0.25) is 0 Å². The van der Waals surface area contributed by atoms with Crippen molar-refractivity contribution in [1.29, 1.82) is 0 Å². The molecule has 0 spiro atoms. The van der Waals surface area contributed by atoms with Crippen molar-refractivity contribution < 1.29 is 0 Å².